The molecule has 3 rings (SSSR count). The Kier molecular flexibility index (Phi) is 3.61. The number of ether oxygens (including phenoxy) is 1. The maximum Gasteiger partial charge on any atom is 0.342 e. The fourth-order valence-electron chi connectivity index (χ4n) is 1.81. The number of hydrogen-bond acceptors (Lipinski definition) is 5. The van der Waals surface area contributed by atoms with Crippen molar-refractivity contribution in [2.24, 2.45) is 5.73 Å². The predicted octanol–water partition coefficient (Wildman–Crippen LogP) is 2.47. The molecule has 2 N–H and O–H groups in total. The van der Waals surface area contributed by atoms with Crippen LogP contribution in [0.15, 0.2) is 55.0 Å². The van der Waals surface area contributed by atoms with E-state index in [1.807, 2.05) is 43.3 Å². The van der Waals surface area contributed by atoms with E-state index < -0.39 is 0 Å². The van der Waals surface area contributed by atoms with Crippen molar-refractivity contribution in [3.63, 3.8) is 0 Å². The van der Waals surface area contributed by atoms with Gasteiger partial charge in [-0.3, -0.25) is 0 Å². The molecule has 0 fully saturated rings. The van der Waals surface area contributed by atoms with Gasteiger partial charge >= 0.3 is 6.01 Å². The van der Waals surface area contributed by atoms with Gasteiger partial charge in [0.2, 0.25) is 5.88 Å². The molecule has 0 bridgehead atoms. The molecular formula is C15H15N5O. The number of pyridine rings is 1. The minimum Gasteiger partial charge on any atom is -0.404 e. The van der Waals surface area contributed by atoms with Crippen LogP contribution in [0.4, 0.5) is 0 Å². The molecule has 0 amide bonds. The summed E-state index contributed by atoms with van der Waals surface area (Å²) in [7, 11) is 0. The third kappa shape index (κ3) is 3.06. The van der Waals surface area contributed by atoms with Gasteiger partial charge in [-0.25, -0.2) is 9.67 Å². The van der Waals surface area contributed by atoms with Crippen LogP contribution in [0.2, 0.25) is 0 Å². The SMILES string of the molecule is C[C@@H](N)c1ccc(Oc2ncn(-c3ccccc3)n2)nc1. The molecule has 0 saturated carbocycles. The summed E-state index contributed by atoms with van der Waals surface area (Å²) in [6, 6.07) is 13.5. The second-order valence-electron chi connectivity index (χ2n) is 4.63. The molecule has 106 valence electrons. The van der Waals surface area contributed by atoms with Crippen LogP contribution in [-0.2, 0) is 0 Å². The Bertz CT molecular complexity index is 706. The minimum atomic E-state index is -0.0537. The number of nitrogens with zero attached hydrogens (tertiary/aromatic N) is 4. The molecule has 6 heteroatoms. The van der Waals surface area contributed by atoms with Crippen molar-refractivity contribution >= 4 is 0 Å². The third-order valence-electron chi connectivity index (χ3n) is 2.97. The third-order valence-corrected chi connectivity index (χ3v) is 2.97. The lowest BCUT2D eigenvalue weighted by molar-refractivity contribution is 0.424. The number of aromatic nitrogens is 4. The molecule has 2 heterocycles. The molecule has 2 aromatic heterocycles. The second kappa shape index (κ2) is 5.72. The molecule has 3 aromatic rings. The van der Waals surface area contributed by atoms with Crippen molar-refractivity contribution in [3.8, 4) is 17.6 Å². The summed E-state index contributed by atoms with van der Waals surface area (Å²) < 4.78 is 7.16. The van der Waals surface area contributed by atoms with Crippen LogP contribution in [0.25, 0.3) is 5.69 Å². The van der Waals surface area contributed by atoms with Crippen LogP contribution in [0.3, 0.4) is 0 Å². The minimum absolute atomic E-state index is 0.0537. The monoisotopic (exact) mass is 281 g/mol. The molecule has 0 aliphatic rings. The first kappa shape index (κ1) is 13.3. The lowest BCUT2D eigenvalue weighted by Gasteiger charge is -2.05. The van der Waals surface area contributed by atoms with Crippen molar-refractivity contribution < 1.29 is 4.74 Å². The Morgan fingerprint density at radius 2 is 1.90 bits per heavy atom. The Hall–Kier alpha value is -2.73. The van der Waals surface area contributed by atoms with Crippen molar-refractivity contribution in [1.29, 1.82) is 0 Å². The number of nitrogens with two attached hydrogens (primary N) is 1. The highest BCUT2D eigenvalue weighted by Crippen LogP contribution is 2.17. The van der Waals surface area contributed by atoms with E-state index in [4.69, 9.17) is 10.5 Å². The lowest BCUT2D eigenvalue weighted by Crippen LogP contribution is -2.05. The van der Waals surface area contributed by atoms with E-state index in [9.17, 15) is 0 Å². The highest BCUT2D eigenvalue weighted by atomic mass is 16.5. The average Bonchev–Trinajstić information content (AvgIpc) is 2.97. The number of para-hydroxylation sites is 1. The van der Waals surface area contributed by atoms with Gasteiger partial charge in [-0.15, -0.1) is 5.10 Å². The first-order chi connectivity index (χ1) is 10.2. The lowest BCUT2D eigenvalue weighted by atomic mass is 10.2. The molecule has 1 aromatic carbocycles. The standard InChI is InChI=1S/C15H15N5O/c1-11(16)12-7-8-14(17-9-12)21-15-18-10-20(19-15)13-5-3-2-4-6-13/h2-11H,16H2,1H3/t11-/m1/s1. The quantitative estimate of drug-likeness (QED) is 0.794. The Balaban J connectivity index is 1.75. The first-order valence-corrected chi connectivity index (χ1v) is 6.59. The van der Waals surface area contributed by atoms with Crippen molar-refractivity contribution in [3.05, 3.63) is 60.6 Å². The zero-order valence-electron chi connectivity index (χ0n) is 11.5. The van der Waals surface area contributed by atoms with E-state index in [1.54, 1.807) is 23.3 Å². The maximum absolute atomic E-state index is 5.78. The van der Waals surface area contributed by atoms with Gasteiger partial charge in [-0.05, 0) is 24.6 Å². The van der Waals surface area contributed by atoms with Gasteiger partial charge in [0, 0.05) is 18.3 Å². The maximum atomic E-state index is 5.78. The summed E-state index contributed by atoms with van der Waals surface area (Å²) in [6.45, 7) is 1.90. The van der Waals surface area contributed by atoms with E-state index in [2.05, 4.69) is 15.1 Å². The molecular weight excluding hydrogens is 266 g/mol. The van der Waals surface area contributed by atoms with Crippen molar-refractivity contribution in [2.75, 3.05) is 0 Å². The van der Waals surface area contributed by atoms with Crippen LogP contribution in [0, 0.1) is 0 Å². The zero-order chi connectivity index (χ0) is 14.7. The van der Waals surface area contributed by atoms with Gasteiger partial charge in [0.1, 0.15) is 6.33 Å². The van der Waals surface area contributed by atoms with Crippen LogP contribution < -0.4 is 10.5 Å². The summed E-state index contributed by atoms with van der Waals surface area (Å²) in [5.74, 6) is 0.435. The Morgan fingerprint density at radius 1 is 1.10 bits per heavy atom. The fraction of sp³-hybridized carbons (Fsp3) is 0.133. The molecule has 0 aliphatic heterocycles. The van der Waals surface area contributed by atoms with Crippen LogP contribution >= 0.6 is 0 Å². The summed E-state index contributed by atoms with van der Waals surface area (Å²) in [5, 5.41) is 4.25. The van der Waals surface area contributed by atoms with E-state index in [-0.39, 0.29) is 12.1 Å². The van der Waals surface area contributed by atoms with Crippen molar-refractivity contribution in [2.45, 2.75) is 13.0 Å². The Morgan fingerprint density at radius 3 is 2.57 bits per heavy atom. The topological polar surface area (TPSA) is 78.9 Å². The Labute approximate surface area is 122 Å². The van der Waals surface area contributed by atoms with Gasteiger partial charge in [0.25, 0.3) is 0 Å². The largest absolute Gasteiger partial charge is 0.404 e. The van der Waals surface area contributed by atoms with Crippen LogP contribution in [0.5, 0.6) is 11.9 Å². The molecule has 21 heavy (non-hydrogen) atoms. The molecule has 0 aliphatic carbocycles. The zero-order valence-corrected chi connectivity index (χ0v) is 11.5. The molecule has 0 unspecified atom stereocenters. The van der Waals surface area contributed by atoms with Gasteiger partial charge in [0.15, 0.2) is 0 Å². The highest BCUT2D eigenvalue weighted by Gasteiger charge is 2.06. The van der Waals surface area contributed by atoms with E-state index >= 15 is 0 Å². The number of rotatable bonds is 4. The number of benzene rings is 1. The van der Waals surface area contributed by atoms with Crippen LogP contribution in [-0.4, -0.2) is 19.7 Å². The summed E-state index contributed by atoms with van der Waals surface area (Å²) in [5.41, 5.74) is 7.64. The van der Waals surface area contributed by atoms with E-state index in [0.717, 1.165) is 11.3 Å². The normalized spacial score (nSPS) is 12.1. The first-order valence-electron chi connectivity index (χ1n) is 6.59. The van der Waals surface area contributed by atoms with E-state index in [1.165, 1.54) is 0 Å². The molecule has 0 radical (unpaired) electrons. The highest BCUT2D eigenvalue weighted by molar-refractivity contribution is 5.30. The van der Waals surface area contributed by atoms with Gasteiger partial charge in [0.05, 0.1) is 5.69 Å². The van der Waals surface area contributed by atoms with Gasteiger partial charge in [-0.2, -0.15) is 4.98 Å². The van der Waals surface area contributed by atoms with Crippen molar-refractivity contribution in [1.82, 2.24) is 19.7 Å². The molecule has 0 spiro atoms. The van der Waals surface area contributed by atoms with Gasteiger partial charge in [-0.1, -0.05) is 24.3 Å². The second-order valence-corrected chi connectivity index (χ2v) is 4.63. The molecule has 1 atom stereocenters. The smallest absolute Gasteiger partial charge is 0.342 e. The summed E-state index contributed by atoms with van der Waals surface area (Å²) in [4.78, 5) is 8.30. The molecule has 6 nitrogen and oxygen atoms in total. The summed E-state index contributed by atoms with van der Waals surface area (Å²) >= 11 is 0. The van der Waals surface area contributed by atoms with Gasteiger partial charge < -0.3 is 10.5 Å². The van der Waals surface area contributed by atoms with Crippen LogP contribution in [0.1, 0.15) is 18.5 Å². The number of hydrogen-bond donors (Lipinski definition) is 1. The fourth-order valence-corrected chi connectivity index (χ4v) is 1.81. The predicted molar refractivity (Wildman–Crippen MR) is 78.3 cm³/mol. The summed E-state index contributed by atoms with van der Waals surface area (Å²) in [6.07, 6.45) is 3.29. The average molecular weight is 281 g/mol. The van der Waals surface area contributed by atoms with E-state index in [0.29, 0.717) is 5.88 Å². The molecule has 0 saturated heterocycles.